The molecule has 4 rings (SSSR count). The van der Waals surface area contributed by atoms with Gasteiger partial charge in [-0.15, -0.1) is 0 Å². The highest BCUT2D eigenvalue weighted by Gasteiger charge is 2.30. The van der Waals surface area contributed by atoms with E-state index in [2.05, 4.69) is 43.5 Å². The molecule has 3 heterocycles. The molecule has 3 aromatic rings. The van der Waals surface area contributed by atoms with Gasteiger partial charge in [0.1, 0.15) is 0 Å². The molecular formula is C20H29N5. The number of pyridine rings is 1. The number of rotatable bonds is 3. The zero-order valence-electron chi connectivity index (χ0n) is 16.5. The Balaban J connectivity index is 0.000000880. The highest BCUT2D eigenvalue weighted by molar-refractivity contribution is 5.77. The van der Waals surface area contributed by atoms with Crippen LogP contribution in [0.1, 0.15) is 75.0 Å². The minimum Gasteiger partial charge on any atom is -0.273 e. The van der Waals surface area contributed by atoms with E-state index in [1.807, 2.05) is 31.8 Å². The molecule has 0 spiro atoms. The van der Waals surface area contributed by atoms with Gasteiger partial charge in [-0.2, -0.15) is 10.2 Å². The van der Waals surface area contributed by atoms with E-state index in [4.69, 9.17) is 10.1 Å². The van der Waals surface area contributed by atoms with Crippen LogP contribution < -0.4 is 0 Å². The smallest absolute Gasteiger partial charge is 0.181 e. The molecule has 1 aliphatic carbocycles. The van der Waals surface area contributed by atoms with Gasteiger partial charge in [-0.3, -0.25) is 4.68 Å². The van der Waals surface area contributed by atoms with Gasteiger partial charge in [-0.05, 0) is 44.2 Å². The van der Waals surface area contributed by atoms with Crippen LogP contribution in [0, 0.1) is 13.8 Å². The van der Waals surface area contributed by atoms with E-state index < -0.39 is 0 Å². The SMILES string of the molecule is CC.Cc1nn(-c2cc3cn(C)nc3nc2C2CC2)c(C)c1C(C)C. The summed E-state index contributed by atoms with van der Waals surface area (Å²) in [6, 6.07) is 2.20. The molecule has 134 valence electrons. The van der Waals surface area contributed by atoms with Crippen LogP contribution in [0.25, 0.3) is 16.7 Å². The van der Waals surface area contributed by atoms with Gasteiger partial charge >= 0.3 is 0 Å². The molecule has 0 N–H and O–H groups in total. The first kappa shape index (κ1) is 17.6. The summed E-state index contributed by atoms with van der Waals surface area (Å²) in [5.74, 6) is 1.03. The second-order valence-corrected chi connectivity index (χ2v) is 7.03. The maximum Gasteiger partial charge on any atom is 0.181 e. The molecule has 0 aliphatic heterocycles. The fourth-order valence-corrected chi connectivity index (χ4v) is 3.63. The highest BCUT2D eigenvalue weighted by atomic mass is 15.3. The van der Waals surface area contributed by atoms with Crippen LogP contribution in [0.15, 0.2) is 12.3 Å². The Bertz CT molecular complexity index is 897. The van der Waals surface area contributed by atoms with Crippen molar-refractivity contribution in [2.75, 3.05) is 0 Å². The lowest BCUT2D eigenvalue weighted by Gasteiger charge is -2.11. The molecule has 0 unspecified atom stereocenters. The standard InChI is InChI=1S/C18H23N5.C2H6/c1-10(2)16-11(3)20-23(12(16)4)15-8-14-9-22(5)21-18(14)19-17(15)13-6-7-13;1-2/h8-10,13H,6-7H2,1-5H3;1-2H3. The fraction of sp³-hybridized carbons (Fsp3) is 0.550. The summed E-state index contributed by atoms with van der Waals surface area (Å²) in [6.07, 6.45) is 4.46. The van der Waals surface area contributed by atoms with Crippen molar-refractivity contribution in [2.24, 2.45) is 7.05 Å². The molecule has 1 fully saturated rings. The molecule has 0 atom stereocenters. The molecule has 0 bridgehead atoms. The van der Waals surface area contributed by atoms with E-state index in [0.717, 1.165) is 28.1 Å². The Kier molecular flexibility index (Phi) is 4.67. The Morgan fingerprint density at radius 3 is 2.36 bits per heavy atom. The van der Waals surface area contributed by atoms with Crippen molar-refractivity contribution >= 4 is 11.0 Å². The van der Waals surface area contributed by atoms with Gasteiger partial charge in [0.15, 0.2) is 5.65 Å². The lowest BCUT2D eigenvalue weighted by molar-refractivity contribution is 0.773. The van der Waals surface area contributed by atoms with Gasteiger partial charge in [-0.1, -0.05) is 27.7 Å². The summed E-state index contributed by atoms with van der Waals surface area (Å²) < 4.78 is 3.93. The number of hydrogen-bond acceptors (Lipinski definition) is 3. The molecule has 5 nitrogen and oxygen atoms in total. The number of aryl methyl sites for hydroxylation is 2. The summed E-state index contributed by atoms with van der Waals surface area (Å²) in [5, 5.41) is 10.4. The zero-order chi connectivity index (χ0) is 18.3. The number of fused-ring (bicyclic) bond motifs is 1. The minimum absolute atomic E-state index is 0.475. The van der Waals surface area contributed by atoms with Crippen LogP contribution in [0.2, 0.25) is 0 Å². The van der Waals surface area contributed by atoms with Crippen molar-refractivity contribution < 1.29 is 0 Å². The molecule has 1 aliphatic rings. The molecule has 3 aromatic heterocycles. The Labute approximate surface area is 150 Å². The average molecular weight is 339 g/mol. The normalized spacial score (nSPS) is 14.1. The van der Waals surface area contributed by atoms with Crippen molar-refractivity contribution in [2.45, 2.75) is 66.2 Å². The lowest BCUT2D eigenvalue weighted by Crippen LogP contribution is -2.06. The molecule has 25 heavy (non-hydrogen) atoms. The molecule has 0 amide bonds. The molecule has 5 heteroatoms. The van der Waals surface area contributed by atoms with Gasteiger partial charge in [0.25, 0.3) is 0 Å². The largest absolute Gasteiger partial charge is 0.273 e. The van der Waals surface area contributed by atoms with E-state index in [1.165, 1.54) is 24.1 Å². The number of nitrogens with zero attached hydrogens (tertiary/aromatic N) is 5. The van der Waals surface area contributed by atoms with Crippen molar-refractivity contribution in [3.05, 3.63) is 34.9 Å². The van der Waals surface area contributed by atoms with E-state index in [9.17, 15) is 0 Å². The summed E-state index contributed by atoms with van der Waals surface area (Å²) >= 11 is 0. The second-order valence-electron chi connectivity index (χ2n) is 7.03. The molecule has 1 saturated carbocycles. The van der Waals surface area contributed by atoms with Crippen molar-refractivity contribution in [3.8, 4) is 5.69 Å². The van der Waals surface area contributed by atoms with Gasteiger partial charge in [0, 0.05) is 30.2 Å². The first-order valence-electron chi connectivity index (χ1n) is 9.36. The summed E-state index contributed by atoms with van der Waals surface area (Å²) in [5.41, 5.74) is 6.80. The third-order valence-corrected chi connectivity index (χ3v) is 4.73. The van der Waals surface area contributed by atoms with Crippen LogP contribution in [-0.2, 0) is 7.05 Å². The Hall–Kier alpha value is -2.17. The van der Waals surface area contributed by atoms with Crippen molar-refractivity contribution in [1.29, 1.82) is 0 Å². The van der Waals surface area contributed by atoms with Gasteiger partial charge in [0.05, 0.1) is 17.1 Å². The molecule has 0 aromatic carbocycles. The topological polar surface area (TPSA) is 48.5 Å². The van der Waals surface area contributed by atoms with E-state index in [0.29, 0.717) is 11.8 Å². The predicted octanol–water partition coefficient (Wildman–Crippen LogP) is 4.80. The third-order valence-electron chi connectivity index (χ3n) is 4.73. The number of aromatic nitrogens is 5. The third kappa shape index (κ3) is 3.08. The summed E-state index contributed by atoms with van der Waals surface area (Å²) in [7, 11) is 1.94. The average Bonchev–Trinajstić information content (AvgIpc) is 3.28. The second kappa shape index (κ2) is 6.62. The maximum absolute atomic E-state index is 4.87. The predicted molar refractivity (Wildman–Crippen MR) is 103 cm³/mol. The van der Waals surface area contributed by atoms with E-state index >= 15 is 0 Å². The molecule has 0 saturated heterocycles. The quantitative estimate of drug-likeness (QED) is 0.689. The van der Waals surface area contributed by atoms with Crippen molar-refractivity contribution in [3.63, 3.8) is 0 Å². The van der Waals surface area contributed by atoms with Gasteiger partial charge in [-0.25, -0.2) is 9.67 Å². The van der Waals surface area contributed by atoms with E-state index in [1.54, 1.807) is 0 Å². The Morgan fingerprint density at radius 1 is 1.12 bits per heavy atom. The number of hydrogen-bond donors (Lipinski definition) is 0. The lowest BCUT2D eigenvalue weighted by atomic mass is 10.0. The summed E-state index contributed by atoms with van der Waals surface area (Å²) in [6.45, 7) is 12.7. The fourth-order valence-electron chi connectivity index (χ4n) is 3.63. The highest BCUT2D eigenvalue weighted by Crippen LogP contribution is 2.42. The monoisotopic (exact) mass is 339 g/mol. The molecule has 0 radical (unpaired) electrons. The van der Waals surface area contributed by atoms with Crippen LogP contribution in [0.5, 0.6) is 0 Å². The van der Waals surface area contributed by atoms with Gasteiger partial charge in [0.2, 0.25) is 0 Å². The van der Waals surface area contributed by atoms with Crippen LogP contribution in [0.3, 0.4) is 0 Å². The Morgan fingerprint density at radius 2 is 1.80 bits per heavy atom. The first-order valence-corrected chi connectivity index (χ1v) is 9.36. The van der Waals surface area contributed by atoms with Crippen LogP contribution in [-0.4, -0.2) is 24.5 Å². The first-order chi connectivity index (χ1) is 12.0. The van der Waals surface area contributed by atoms with Crippen molar-refractivity contribution in [1.82, 2.24) is 24.5 Å². The van der Waals surface area contributed by atoms with Gasteiger partial charge < -0.3 is 0 Å². The minimum atomic E-state index is 0.475. The maximum atomic E-state index is 4.87. The van der Waals surface area contributed by atoms with Crippen LogP contribution >= 0.6 is 0 Å². The van der Waals surface area contributed by atoms with Crippen LogP contribution in [0.4, 0.5) is 0 Å². The molecular weight excluding hydrogens is 310 g/mol. The zero-order valence-corrected chi connectivity index (χ0v) is 16.5. The van der Waals surface area contributed by atoms with E-state index in [-0.39, 0.29) is 0 Å². The summed E-state index contributed by atoms with van der Waals surface area (Å²) in [4.78, 5) is 4.87.